The molecule has 1 saturated heterocycles. The first-order chi connectivity index (χ1) is 11.6. The summed E-state index contributed by atoms with van der Waals surface area (Å²) in [5.74, 6) is 0.503. The van der Waals surface area contributed by atoms with Crippen LogP contribution in [-0.2, 0) is 11.3 Å². The zero-order chi connectivity index (χ0) is 16.9. The van der Waals surface area contributed by atoms with E-state index in [1.54, 1.807) is 24.3 Å². The molecule has 1 unspecified atom stereocenters. The number of nitrogens with one attached hydrogen (secondary N) is 1. The van der Waals surface area contributed by atoms with E-state index in [1.807, 2.05) is 17.0 Å². The number of amides is 3. The Hall–Kier alpha value is -2.11. The van der Waals surface area contributed by atoms with Crippen LogP contribution in [0, 0.1) is 5.92 Å². The third-order valence-electron chi connectivity index (χ3n) is 5.05. The van der Waals surface area contributed by atoms with Crippen molar-refractivity contribution >= 4 is 11.9 Å². The van der Waals surface area contributed by atoms with E-state index in [2.05, 4.69) is 10.3 Å². The van der Waals surface area contributed by atoms with Crippen molar-refractivity contribution in [3.8, 4) is 0 Å². The molecule has 1 N–H and O–H groups in total. The van der Waals surface area contributed by atoms with E-state index in [0.29, 0.717) is 13.1 Å². The van der Waals surface area contributed by atoms with Crippen molar-refractivity contribution in [1.29, 1.82) is 0 Å². The number of likely N-dealkylation sites (tertiary alicyclic amines) is 1. The Morgan fingerprint density at radius 2 is 1.96 bits per heavy atom. The van der Waals surface area contributed by atoms with Gasteiger partial charge in [0.25, 0.3) is 0 Å². The molecule has 1 atom stereocenters. The number of hydrogen-bond acceptors (Lipinski definition) is 3. The highest BCUT2D eigenvalue weighted by Crippen LogP contribution is 2.27. The van der Waals surface area contributed by atoms with Crippen LogP contribution in [0.25, 0.3) is 0 Å². The van der Waals surface area contributed by atoms with Gasteiger partial charge in [-0.05, 0) is 37.0 Å². The topological polar surface area (TPSA) is 65.5 Å². The minimum atomic E-state index is -0.0908. The van der Waals surface area contributed by atoms with Gasteiger partial charge in [-0.15, -0.1) is 0 Å². The van der Waals surface area contributed by atoms with E-state index in [-0.39, 0.29) is 23.9 Å². The van der Waals surface area contributed by atoms with Gasteiger partial charge in [0.15, 0.2) is 0 Å². The second kappa shape index (κ2) is 7.64. The Kier molecular flexibility index (Phi) is 5.33. The number of nitrogens with zero attached hydrogens (tertiary/aromatic N) is 3. The molecule has 1 aliphatic heterocycles. The molecule has 0 aromatic carbocycles. The summed E-state index contributed by atoms with van der Waals surface area (Å²) in [6.45, 7) is 1.95. The van der Waals surface area contributed by atoms with Crippen LogP contribution < -0.4 is 5.32 Å². The van der Waals surface area contributed by atoms with E-state index in [0.717, 1.165) is 31.4 Å². The molecular formula is C18H26N4O2. The van der Waals surface area contributed by atoms with E-state index in [4.69, 9.17) is 0 Å². The first-order valence-corrected chi connectivity index (χ1v) is 8.83. The van der Waals surface area contributed by atoms with Crippen LogP contribution in [0.4, 0.5) is 4.79 Å². The van der Waals surface area contributed by atoms with Crippen LogP contribution in [0.15, 0.2) is 24.5 Å². The molecule has 2 fully saturated rings. The molecule has 6 nitrogen and oxygen atoms in total. The third-order valence-corrected chi connectivity index (χ3v) is 5.05. The van der Waals surface area contributed by atoms with Gasteiger partial charge in [-0.3, -0.25) is 9.78 Å². The molecule has 24 heavy (non-hydrogen) atoms. The van der Waals surface area contributed by atoms with Crippen LogP contribution >= 0.6 is 0 Å². The minimum Gasteiger partial charge on any atom is -0.340 e. The van der Waals surface area contributed by atoms with Crippen LogP contribution in [0.2, 0.25) is 0 Å². The molecule has 0 radical (unpaired) electrons. The predicted octanol–water partition coefficient (Wildman–Crippen LogP) is 2.01. The minimum absolute atomic E-state index is 0.0581. The zero-order valence-electron chi connectivity index (χ0n) is 14.3. The van der Waals surface area contributed by atoms with Gasteiger partial charge >= 0.3 is 6.03 Å². The maximum atomic E-state index is 12.5. The van der Waals surface area contributed by atoms with Crippen LogP contribution in [0.1, 0.15) is 37.7 Å². The monoisotopic (exact) mass is 330 g/mol. The summed E-state index contributed by atoms with van der Waals surface area (Å²) in [6.07, 6.45) is 8.69. The fourth-order valence-electron chi connectivity index (χ4n) is 3.63. The quantitative estimate of drug-likeness (QED) is 0.918. The van der Waals surface area contributed by atoms with Gasteiger partial charge < -0.3 is 15.1 Å². The molecule has 2 heterocycles. The molecular weight excluding hydrogens is 304 g/mol. The van der Waals surface area contributed by atoms with Gasteiger partial charge in [0, 0.05) is 51.0 Å². The van der Waals surface area contributed by atoms with Gasteiger partial charge in [0.2, 0.25) is 5.91 Å². The Morgan fingerprint density at radius 3 is 2.67 bits per heavy atom. The number of carbonyl (C=O) groups excluding carboxylic acids is 2. The van der Waals surface area contributed by atoms with Crippen LogP contribution in [-0.4, -0.2) is 52.9 Å². The smallest absolute Gasteiger partial charge is 0.317 e. The summed E-state index contributed by atoms with van der Waals surface area (Å²) >= 11 is 0. The van der Waals surface area contributed by atoms with Gasteiger partial charge in [-0.25, -0.2) is 4.79 Å². The standard InChI is InChI=1S/C18H26N4O2/c1-21(12-14-6-9-19-10-7-14)18(24)20-16-8-11-22(13-16)17(23)15-4-2-3-5-15/h6-7,9-10,15-16H,2-5,8,11-13H2,1H3,(H,20,24). The lowest BCUT2D eigenvalue weighted by molar-refractivity contribution is -0.134. The molecule has 3 amide bonds. The number of urea groups is 1. The lowest BCUT2D eigenvalue weighted by Crippen LogP contribution is -2.44. The van der Waals surface area contributed by atoms with Crippen molar-refractivity contribution in [2.24, 2.45) is 5.92 Å². The first kappa shape index (κ1) is 16.7. The normalized spacial score (nSPS) is 21.0. The van der Waals surface area contributed by atoms with Gasteiger partial charge in [0.05, 0.1) is 0 Å². The SMILES string of the molecule is CN(Cc1ccncc1)C(=O)NC1CCN(C(=O)C2CCCC2)C1. The maximum absolute atomic E-state index is 12.5. The molecule has 0 bridgehead atoms. The van der Waals surface area contributed by atoms with E-state index < -0.39 is 0 Å². The van der Waals surface area contributed by atoms with E-state index in [1.165, 1.54) is 12.8 Å². The second-order valence-corrected chi connectivity index (χ2v) is 6.91. The van der Waals surface area contributed by atoms with Gasteiger partial charge in [-0.2, -0.15) is 0 Å². The molecule has 1 aromatic heterocycles. The first-order valence-electron chi connectivity index (χ1n) is 8.83. The largest absolute Gasteiger partial charge is 0.340 e. The maximum Gasteiger partial charge on any atom is 0.317 e. The highest BCUT2D eigenvalue weighted by molar-refractivity contribution is 5.80. The van der Waals surface area contributed by atoms with Crippen molar-refractivity contribution in [3.63, 3.8) is 0 Å². The van der Waals surface area contributed by atoms with Crippen molar-refractivity contribution in [2.45, 2.75) is 44.7 Å². The highest BCUT2D eigenvalue weighted by atomic mass is 16.2. The Morgan fingerprint density at radius 1 is 1.25 bits per heavy atom. The summed E-state index contributed by atoms with van der Waals surface area (Å²) in [5, 5.41) is 3.05. The molecule has 2 aliphatic rings. The number of rotatable bonds is 4. The lowest BCUT2D eigenvalue weighted by atomic mass is 10.1. The van der Waals surface area contributed by atoms with E-state index in [9.17, 15) is 9.59 Å². The van der Waals surface area contributed by atoms with E-state index >= 15 is 0 Å². The number of carbonyl (C=O) groups is 2. The number of hydrogen-bond donors (Lipinski definition) is 1. The molecule has 1 saturated carbocycles. The molecule has 6 heteroatoms. The Balaban J connectivity index is 1.46. The highest BCUT2D eigenvalue weighted by Gasteiger charge is 2.33. The predicted molar refractivity (Wildman–Crippen MR) is 91.2 cm³/mol. The summed E-state index contributed by atoms with van der Waals surface area (Å²) in [5.41, 5.74) is 1.05. The summed E-state index contributed by atoms with van der Waals surface area (Å²) in [7, 11) is 1.78. The summed E-state index contributed by atoms with van der Waals surface area (Å²) in [6, 6.07) is 3.78. The van der Waals surface area contributed by atoms with Gasteiger partial charge in [0.1, 0.15) is 0 Å². The molecule has 0 spiro atoms. The summed E-state index contributed by atoms with van der Waals surface area (Å²) in [4.78, 5) is 32.4. The van der Waals surface area contributed by atoms with Crippen molar-refractivity contribution in [1.82, 2.24) is 20.1 Å². The lowest BCUT2D eigenvalue weighted by Gasteiger charge is -2.23. The molecule has 3 rings (SSSR count). The molecule has 1 aromatic rings. The third kappa shape index (κ3) is 4.04. The second-order valence-electron chi connectivity index (χ2n) is 6.91. The number of aromatic nitrogens is 1. The van der Waals surface area contributed by atoms with Crippen LogP contribution in [0.3, 0.4) is 0 Å². The van der Waals surface area contributed by atoms with Crippen molar-refractivity contribution < 1.29 is 9.59 Å². The van der Waals surface area contributed by atoms with Crippen molar-refractivity contribution in [2.75, 3.05) is 20.1 Å². The average molecular weight is 330 g/mol. The Labute approximate surface area is 143 Å². The fourth-order valence-corrected chi connectivity index (χ4v) is 3.63. The van der Waals surface area contributed by atoms with Crippen LogP contribution in [0.5, 0.6) is 0 Å². The van der Waals surface area contributed by atoms with Gasteiger partial charge in [-0.1, -0.05) is 12.8 Å². The molecule has 130 valence electrons. The molecule has 1 aliphatic carbocycles. The Bertz CT molecular complexity index is 572. The summed E-state index contributed by atoms with van der Waals surface area (Å²) < 4.78 is 0. The van der Waals surface area contributed by atoms with Crippen molar-refractivity contribution in [3.05, 3.63) is 30.1 Å². The number of pyridine rings is 1. The fraction of sp³-hybridized carbons (Fsp3) is 0.611. The zero-order valence-corrected chi connectivity index (χ0v) is 14.3. The average Bonchev–Trinajstić information content (AvgIpc) is 3.27.